The van der Waals surface area contributed by atoms with Crippen LogP contribution in [-0.4, -0.2) is 64.9 Å². The highest BCUT2D eigenvalue weighted by molar-refractivity contribution is 7.18. The Hall–Kier alpha value is -2.51. The molecule has 7 heteroatoms. The van der Waals surface area contributed by atoms with Crippen molar-refractivity contribution in [1.82, 2.24) is 19.8 Å². The van der Waals surface area contributed by atoms with Gasteiger partial charge in [0.25, 0.3) is 0 Å². The van der Waals surface area contributed by atoms with Crippen LogP contribution < -0.4 is 4.90 Å². The topological polar surface area (TPSA) is 52.6 Å². The minimum Gasteiger partial charge on any atom is -0.356 e. The lowest BCUT2D eigenvalue weighted by atomic mass is 9.94. The van der Waals surface area contributed by atoms with Crippen LogP contribution in [0.1, 0.15) is 34.4 Å². The predicted molar refractivity (Wildman–Crippen MR) is 135 cm³/mol. The van der Waals surface area contributed by atoms with E-state index in [0.717, 1.165) is 69.3 Å². The lowest BCUT2D eigenvalue weighted by molar-refractivity contribution is -0.138. The van der Waals surface area contributed by atoms with Gasteiger partial charge < -0.3 is 9.80 Å². The molecule has 0 bridgehead atoms. The molecule has 2 aliphatic rings. The zero-order valence-electron chi connectivity index (χ0n) is 19.9. The standard InChI is InChI=1S/C26H33N5OS/c1-18-5-4-6-21(15-18)16-29-11-13-31(14-12-29)26(32)22-7-9-30(10-8-22)24-23-19(2)20(3)33-25(23)28-17-27-24/h4-6,15,17,22H,7-14,16H2,1-3H3. The third-order valence-corrected chi connectivity index (χ3v) is 8.38. The van der Waals surface area contributed by atoms with Crippen molar-refractivity contribution in [1.29, 1.82) is 0 Å². The van der Waals surface area contributed by atoms with E-state index in [1.807, 2.05) is 0 Å². The zero-order chi connectivity index (χ0) is 22.9. The Balaban J connectivity index is 1.16. The summed E-state index contributed by atoms with van der Waals surface area (Å²) >= 11 is 1.74. The fourth-order valence-electron chi connectivity index (χ4n) is 5.20. The van der Waals surface area contributed by atoms with Crippen LogP contribution >= 0.6 is 11.3 Å². The lowest BCUT2D eigenvalue weighted by Gasteiger charge is -2.39. The number of carbonyl (C=O) groups excluding carboxylic acids is 1. The molecule has 2 aromatic heterocycles. The Morgan fingerprint density at radius 1 is 1.03 bits per heavy atom. The van der Waals surface area contributed by atoms with Crippen molar-refractivity contribution in [2.45, 2.75) is 40.2 Å². The second-order valence-electron chi connectivity index (χ2n) is 9.51. The number of rotatable bonds is 4. The molecule has 0 aliphatic carbocycles. The number of piperidine rings is 1. The summed E-state index contributed by atoms with van der Waals surface area (Å²) in [5.41, 5.74) is 3.95. The van der Waals surface area contributed by atoms with Crippen molar-refractivity contribution >= 4 is 33.3 Å². The second-order valence-corrected chi connectivity index (χ2v) is 10.7. The SMILES string of the molecule is Cc1cccc(CN2CCN(C(=O)C3CCN(c4ncnc5sc(C)c(C)c45)CC3)CC2)c1. The van der Waals surface area contributed by atoms with E-state index < -0.39 is 0 Å². The van der Waals surface area contributed by atoms with E-state index in [-0.39, 0.29) is 5.92 Å². The van der Waals surface area contributed by atoms with Crippen LogP contribution in [0.5, 0.6) is 0 Å². The van der Waals surface area contributed by atoms with E-state index in [4.69, 9.17) is 0 Å². The first-order chi connectivity index (χ1) is 16.0. The maximum Gasteiger partial charge on any atom is 0.225 e. The fraction of sp³-hybridized carbons (Fsp3) is 0.500. The van der Waals surface area contributed by atoms with Crippen molar-refractivity contribution in [2.24, 2.45) is 5.92 Å². The molecule has 174 valence electrons. The average molecular weight is 464 g/mol. The predicted octanol–water partition coefficient (Wildman–Crippen LogP) is 4.18. The first kappa shape index (κ1) is 22.3. The van der Waals surface area contributed by atoms with Crippen molar-refractivity contribution < 1.29 is 4.79 Å². The van der Waals surface area contributed by atoms with E-state index in [0.29, 0.717) is 5.91 Å². The highest BCUT2D eigenvalue weighted by atomic mass is 32.1. The minimum atomic E-state index is 0.132. The molecule has 1 amide bonds. The number of nitrogens with zero attached hydrogens (tertiary/aromatic N) is 5. The first-order valence-corrected chi connectivity index (χ1v) is 12.8. The van der Waals surface area contributed by atoms with E-state index >= 15 is 0 Å². The van der Waals surface area contributed by atoms with Crippen LogP contribution in [0.25, 0.3) is 10.2 Å². The summed E-state index contributed by atoms with van der Waals surface area (Å²) in [4.78, 5) is 31.6. The number of thiophene rings is 1. The van der Waals surface area contributed by atoms with Crippen molar-refractivity contribution in [2.75, 3.05) is 44.2 Å². The average Bonchev–Trinajstić information content (AvgIpc) is 3.13. The van der Waals surface area contributed by atoms with Gasteiger partial charge in [-0.25, -0.2) is 9.97 Å². The van der Waals surface area contributed by atoms with E-state index in [1.165, 1.54) is 27.0 Å². The van der Waals surface area contributed by atoms with Crippen molar-refractivity contribution in [3.8, 4) is 0 Å². The molecule has 0 saturated carbocycles. The Bertz CT molecular complexity index is 1140. The molecule has 2 aliphatic heterocycles. The van der Waals surface area contributed by atoms with Crippen LogP contribution in [0.4, 0.5) is 5.82 Å². The molecule has 0 atom stereocenters. The fourth-order valence-corrected chi connectivity index (χ4v) is 6.19. The van der Waals surface area contributed by atoms with Gasteiger partial charge in [-0.2, -0.15) is 0 Å². The van der Waals surface area contributed by atoms with Crippen LogP contribution in [0.15, 0.2) is 30.6 Å². The molecule has 6 nitrogen and oxygen atoms in total. The third-order valence-electron chi connectivity index (χ3n) is 7.26. The summed E-state index contributed by atoms with van der Waals surface area (Å²) in [7, 11) is 0. The monoisotopic (exact) mass is 463 g/mol. The Morgan fingerprint density at radius 2 is 1.79 bits per heavy atom. The number of carbonyl (C=O) groups is 1. The molecular formula is C26H33N5OS. The molecule has 4 heterocycles. The van der Waals surface area contributed by atoms with Gasteiger partial charge in [0.05, 0.1) is 5.39 Å². The van der Waals surface area contributed by atoms with Gasteiger partial charge in [0.1, 0.15) is 17.0 Å². The van der Waals surface area contributed by atoms with Gasteiger partial charge in [-0.05, 0) is 44.7 Å². The van der Waals surface area contributed by atoms with E-state index in [9.17, 15) is 4.79 Å². The molecule has 5 rings (SSSR count). The number of piperazine rings is 1. The molecule has 0 spiro atoms. The maximum absolute atomic E-state index is 13.2. The van der Waals surface area contributed by atoms with Gasteiger partial charge in [0.2, 0.25) is 5.91 Å². The molecule has 0 N–H and O–H groups in total. The summed E-state index contributed by atoms with van der Waals surface area (Å²) in [6.07, 6.45) is 3.48. The van der Waals surface area contributed by atoms with Gasteiger partial charge in [0, 0.05) is 56.6 Å². The van der Waals surface area contributed by atoms with Gasteiger partial charge >= 0.3 is 0 Å². The van der Waals surface area contributed by atoms with Crippen molar-refractivity contribution in [3.63, 3.8) is 0 Å². The number of aryl methyl sites for hydroxylation is 3. The number of aromatic nitrogens is 2. The smallest absolute Gasteiger partial charge is 0.225 e. The number of amides is 1. The number of fused-ring (bicyclic) bond motifs is 1. The summed E-state index contributed by atoms with van der Waals surface area (Å²) < 4.78 is 0. The Labute approximate surface area is 200 Å². The highest BCUT2D eigenvalue weighted by Crippen LogP contribution is 2.35. The summed E-state index contributed by atoms with van der Waals surface area (Å²) in [5, 5.41) is 1.19. The van der Waals surface area contributed by atoms with Crippen molar-refractivity contribution in [3.05, 3.63) is 52.2 Å². The molecule has 3 aromatic rings. The number of anilines is 1. The normalized spacial score (nSPS) is 18.3. The highest BCUT2D eigenvalue weighted by Gasteiger charge is 2.31. The van der Waals surface area contributed by atoms with E-state index in [2.05, 4.69) is 69.7 Å². The van der Waals surface area contributed by atoms with Crippen LogP contribution in [0.3, 0.4) is 0 Å². The molecule has 33 heavy (non-hydrogen) atoms. The lowest BCUT2D eigenvalue weighted by Crippen LogP contribution is -2.51. The van der Waals surface area contributed by atoms with Crippen LogP contribution in [0, 0.1) is 26.7 Å². The van der Waals surface area contributed by atoms with Gasteiger partial charge in [-0.1, -0.05) is 29.8 Å². The largest absolute Gasteiger partial charge is 0.356 e. The summed E-state index contributed by atoms with van der Waals surface area (Å²) in [5.74, 6) is 1.52. The Morgan fingerprint density at radius 3 is 2.52 bits per heavy atom. The van der Waals surface area contributed by atoms with E-state index in [1.54, 1.807) is 17.7 Å². The van der Waals surface area contributed by atoms with Crippen LogP contribution in [0.2, 0.25) is 0 Å². The van der Waals surface area contributed by atoms with Gasteiger partial charge in [-0.15, -0.1) is 11.3 Å². The molecule has 1 aromatic carbocycles. The first-order valence-electron chi connectivity index (χ1n) is 12.0. The maximum atomic E-state index is 13.2. The Kier molecular flexibility index (Phi) is 6.34. The molecule has 2 saturated heterocycles. The zero-order valence-corrected chi connectivity index (χ0v) is 20.7. The number of hydrogen-bond donors (Lipinski definition) is 0. The second kappa shape index (κ2) is 9.39. The van der Waals surface area contributed by atoms with Gasteiger partial charge in [-0.3, -0.25) is 9.69 Å². The molecule has 2 fully saturated rings. The van der Waals surface area contributed by atoms with Crippen LogP contribution in [-0.2, 0) is 11.3 Å². The quantitative estimate of drug-likeness (QED) is 0.581. The molecule has 0 radical (unpaired) electrons. The summed E-state index contributed by atoms with van der Waals surface area (Å²) in [6.45, 7) is 12.8. The molecular weight excluding hydrogens is 430 g/mol. The van der Waals surface area contributed by atoms with Gasteiger partial charge in [0.15, 0.2) is 0 Å². The minimum absolute atomic E-state index is 0.132. The summed E-state index contributed by atoms with van der Waals surface area (Å²) in [6, 6.07) is 8.73. The number of hydrogen-bond acceptors (Lipinski definition) is 6. The molecule has 0 unspecified atom stereocenters. The number of benzene rings is 1. The third kappa shape index (κ3) is 4.62.